The van der Waals surface area contributed by atoms with Crippen molar-refractivity contribution in [2.24, 2.45) is 17.8 Å². The molecule has 1 N–H and O–H groups in total. The van der Waals surface area contributed by atoms with Gasteiger partial charge in [-0.1, -0.05) is 44.4 Å². The zero-order valence-corrected chi connectivity index (χ0v) is 21.2. The SMILES string of the molecule is CCCCCC(O)C1=CC(C2CCC(=O)[C@@H]2CCCc2ccc(C(=O)OC(C)C)s2)CC=C1. The second-order valence-electron chi connectivity index (χ2n) is 9.87. The van der Waals surface area contributed by atoms with Gasteiger partial charge in [0.15, 0.2) is 0 Å². The third-order valence-electron chi connectivity index (χ3n) is 6.94. The van der Waals surface area contributed by atoms with Crippen LogP contribution in [0.5, 0.6) is 0 Å². The number of allylic oxidation sites excluding steroid dienone is 2. The fraction of sp³-hybridized carbons (Fsp3) is 0.643. The van der Waals surface area contributed by atoms with E-state index in [9.17, 15) is 14.7 Å². The first kappa shape index (κ1) is 25.9. The first-order chi connectivity index (χ1) is 15.9. The van der Waals surface area contributed by atoms with E-state index in [0.29, 0.717) is 28.9 Å². The van der Waals surface area contributed by atoms with Gasteiger partial charge in [-0.05, 0) is 81.9 Å². The first-order valence-corrected chi connectivity index (χ1v) is 13.6. The molecule has 0 bridgehead atoms. The Morgan fingerprint density at radius 3 is 2.82 bits per heavy atom. The molecule has 0 aliphatic heterocycles. The van der Waals surface area contributed by atoms with Crippen molar-refractivity contribution in [2.45, 2.75) is 97.2 Å². The van der Waals surface area contributed by atoms with Crippen molar-refractivity contribution in [3.63, 3.8) is 0 Å². The monoisotopic (exact) mass is 472 g/mol. The highest BCUT2D eigenvalue weighted by atomic mass is 32.1. The fourth-order valence-corrected chi connectivity index (χ4v) is 6.15. The lowest BCUT2D eigenvalue weighted by Crippen LogP contribution is -2.24. The van der Waals surface area contributed by atoms with Crippen molar-refractivity contribution >= 4 is 23.1 Å². The Bertz CT molecular complexity index is 850. The van der Waals surface area contributed by atoms with Crippen LogP contribution in [0.4, 0.5) is 0 Å². The van der Waals surface area contributed by atoms with Crippen molar-refractivity contribution < 1.29 is 19.4 Å². The van der Waals surface area contributed by atoms with Gasteiger partial charge in [-0.3, -0.25) is 4.79 Å². The van der Waals surface area contributed by atoms with E-state index >= 15 is 0 Å². The molecule has 0 radical (unpaired) electrons. The van der Waals surface area contributed by atoms with Crippen LogP contribution in [0, 0.1) is 17.8 Å². The quantitative estimate of drug-likeness (QED) is 0.272. The van der Waals surface area contributed by atoms with Crippen LogP contribution in [0.3, 0.4) is 0 Å². The van der Waals surface area contributed by atoms with Crippen LogP contribution in [0.2, 0.25) is 0 Å². The van der Waals surface area contributed by atoms with Crippen LogP contribution in [0.25, 0.3) is 0 Å². The fourth-order valence-electron chi connectivity index (χ4n) is 5.22. The normalized spacial score (nSPS) is 23.7. The number of hydrogen-bond donors (Lipinski definition) is 1. The van der Waals surface area contributed by atoms with Gasteiger partial charge in [0, 0.05) is 17.2 Å². The molecule has 0 amide bonds. The molecule has 4 nitrogen and oxygen atoms in total. The molecule has 0 aromatic carbocycles. The lowest BCUT2D eigenvalue weighted by molar-refractivity contribution is -0.121. The first-order valence-electron chi connectivity index (χ1n) is 12.8. The molecule has 2 aliphatic rings. The number of aliphatic hydroxyl groups excluding tert-OH is 1. The Balaban J connectivity index is 1.54. The molecular formula is C28H40O4S. The number of carbonyl (C=O) groups is 2. The number of ketones is 1. The van der Waals surface area contributed by atoms with E-state index in [1.165, 1.54) is 16.2 Å². The number of hydrogen-bond acceptors (Lipinski definition) is 5. The minimum absolute atomic E-state index is 0.113. The van der Waals surface area contributed by atoms with Crippen LogP contribution in [0.15, 0.2) is 35.9 Å². The highest BCUT2D eigenvalue weighted by Gasteiger charge is 2.38. The Morgan fingerprint density at radius 2 is 2.06 bits per heavy atom. The number of aryl methyl sites for hydroxylation is 1. The van der Waals surface area contributed by atoms with E-state index in [0.717, 1.165) is 63.4 Å². The molecule has 1 heterocycles. The second kappa shape index (κ2) is 12.7. The Kier molecular flexibility index (Phi) is 9.94. The topological polar surface area (TPSA) is 63.6 Å². The average molecular weight is 473 g/mol. The summed E-state index contributed by atoms with van der Waals surface area (Å²) in [5.74, 6) is 0.987. The van der Waals surface area contributed by atoms with Gasteiger partial charge in [0.05, 0.1) is 12.2 Å². The zero-order valence-electron chi connectivity index (χ0n) is 20.4. The molecule has 4 atom stereocenters. The second-order valence-corrected chi connectivity index (χ2v) is 11.0. The van der Waals surface area contributed by atoms with Crippen molar-refractivity contribution in [3.8, 4) is 0 Å². The molecular weight excluding hydrogens is 432 g/mol. The van der Waals surface area contributed by atoms with E-state index in [1.807, 2.05) is 26.0 Å². The van der Waals surface area contributed by atoms with E-state index < -0.39 is 0 Å². The van der Waals surface area contributed by atoms with Crippen molar-refractivity contribution in [3.05, 3.63) is 45.7 Å². The van der Waals surface area contributed by atoms with Gasteiger partial charge in [-0.25, -0.2) is 4.79 Å². The number of esters is 1. The minimum atomic E-state index is -0.387. The summed E-state index contributed by atoms with van der Waals surface area (Å²) < 4.78 is 5.28. The summed E-state index contributed by atoms with van der Waals surface area (Å²) in [6.07, 6.45) is 15.6. The summed E-state index contributed by atoms with van der Waals surface area (Å²) >= 11 is 1.50. The van der Waals surface area contributed by atoms with Gasteiger partial charge >= 0.3 is 5.97 Å². The Hall–Kier alpha value is -1.72. The van der Waals surface area contributed by atoms with Crippen molar-refractivity contribution in [2.75, 3.05) is 0 Å². The molecule has 5 heteroatoms. The number of aliphatic hydroxyl groups is 1. The average Bonchev–Trinajstić information content (AvgIpc) is 3.41. The predicted octanol–water partition coefficient (Wildman–Crippen LogP) is 6.68. The van der Waals surface area contributed by atoms with Crippen LogP contribution < -0.4 is 0 Å². The summed E-state index contributed by atoms with van der Waals surface area (Å²) in [5.41, 5.74) is 1.04. The third-order valence-corrected chi connectivity index (χ3v) is 8.06. The summed E-state index contributed by atoms with van der Waals surface area (Å²) in [5, 5.41) is 10.6. The Labute approximate surface area is 203 Å². The number of thiophene rings is 1. The maximum Gasteiger partial charge on any atom is 0.348 e. The highest BCUT2D eigenvalue weighted by Crippen LogP contribution is 2.41. The smallest absolute Gasteiger partial charge is 0.348 e. The minimum Gasteiger partial charge on any atom is -0.459 e. The molecule has 33 heavy (non-hydrogen) atoms. The maximum atomic E-state index is 12.7. The largest absolute Gasteiger partial charge is 0.459 e. The molecule has 3 unspecified atom stereocenters. The number of unbranched alkanes of at least 4 members (excludes halogenated alkanes) is 2. The van der Waals surface area contributed by atoms with E-state index in [4.69, 9.17) is 4.74 Å². The summed E-state index contributed by atoms with van der Waals surface area (Å²) in [7, 11) is 0. The number of ether oxygens (including phenoxy) is 1. The van der Waals surface area contributed by atoms with Crippen LogP contribution in [-0.4, -0.2) is 29.1 Å². The molecule has 0 saturated heterocycles. The van der Waals surface area contributed by atoms with Gasteiger partial charge in [-0.15, -0.1) is 11.3 Å². The predicted molar refractivity (Wildman–Crippen MR) is 135 cm³/mol. The standard InChI is InChI=1S/C28H40O4S/c1-4-5-6-13-25(29)21-10-7-9-20(18-21)23-15-16-26(30)24(23)12-8-11-22-14-17-27(33-22)28(31)32-19(2)3/h7,10,14,17-20,23-25,29H,4-6,8-9,11-13,15-16H2,1-3H3/t20?,23?,24-,25?/m1/s1. The summed E-state index contributed by atoms with van der Waals surface area (Å²) in [6.45, 7) is 5.89. The van der Waals surface area contributed by atoms with Gasteiger partial charge in [-0.2, -0.15) is 0 Å². The van der Waals surface area contributed by atoms with E-state index in [-0.39, 0.29) is 24.1 Å². The van der Waals surface area contributed by atoms with Crippen molar-refractivity contribution in [1.82, 2.24) is 0 Å². The molecule has 1 aromatic rings. The number of carbonyl (C=O) groups excluding carboxylic acids is 2. The molecule has 3 rings (SSSR count). The Morgan fingerprint density at radius 1 is 1.24 bits per heavy atom. The van der Waals surface area contributed by atoms with Gasteiger partial charge in [0.25, 0.3) is 0 Å². The van der Waals surface area contributed by atoms with Gasteiger partial charge in [0.2, 0.25) is 0 Å². The third kappa shape index (κ3) is 7.38. The molecule has 1 fully saturated rings. The van der Waals surface area contributed by atoms with Crippen molar-refractivity contribution in [1.29, 1.82) is 0 Å². The number of Topliss-reactive ketones (excluding diaryl/α,β-unsaturated/α-hetero) is 1. The maximum absolute atomic E-state index is 12.7. The van der Waals surface area contributed by atoms with Crippen LogP contribution >= 0.6 is 11.3 Å². The highest BCUT2D eigenvalue weighted by molar-refractivity contribution is 7.13. The lowest BCUT2D eigenvalue weighted by atomic mass is 9.76. The number of rotatable bonds is 12. The molecule has 1 saturated carbocycles. The summed E-state index contributed by atoms with van der Waals surface area (Å²) in [4.78, 5) is 26.6. The van der Waals surface area contributed by atoms with Gasteiger partial charge in [0.1, 0.15) is 10.7 Å². The van der Waals surface area contributed by atoms with E-state index in [2.05, 4.69) is 25.2 Å². The molecule has 182 valence electrons. The summed E-state index contributed by atoms with van der Waals surface area (Å²) in [6, 6.07) is 3.86. The zero-order chi connectivity index (χ0) is 23.8. The van der Waals surface area contributed by atoms with Crippen LogP contribution in [-0.2, 0) is 16.0 Å². The molecule has 2 aliphatic carbocycles. The van der Waals surface area contributed by atoms with Crippen LogP contribution in [0.1, 0.15) is 93.1 Å². The molecule has 1 aromatic heterocycles. The molecule has 0 spiro atoms. The van der Waals surface area contributed by atoms with Gasteiger partial charge < -0.3 is 9.84 Å². The van der Waals surface area contributed by atoms with E-state index in [1.54, 1.807) is 0 Å². The lowest BCUT2D eigenvalue weighted by Gasteiger charge is -2.28.